The molecule has 1 aliphatic rings. The average Bonchev–Trinajstić information content (AvgIpc) is 2.34. The van der Waals surface area contributed by atoms with Gasteiger partial charge in [-0.3, -0.25) is 0 Å². The van der Waals surface area contributed by atoms with Gasteiger partial charge in [0.2, 0.25) is 0 Å². The molecule has 0 bridgehead atoms. The lowest BCUT2D eigenvalue weighted by Gasteiger charge is -2.31. The molecule has 0 radical (unpaired) electrons. The van der Waals surface area contributed by atoms with Crippen molar-refractivity contribution in [2.75, 3.05) is 26.7 Å². The summed E-state index contributed by atoms with van der Waals surface area (Å²) >= 11 is 0. The first-order valence-electron chi connectivity index (χ1n) is 5.87. The number of aryl methyl sites for hydroxylation is 1. The smallest absolute Gasteiger partial charge is 0.0894 e. The number of benzene rings is 1. The van der Waals surface area contributed by atoms with Gasteiger partial charge in [0.15, 0.2) is 0 Å². The van der Waals surface area contributed by atoms with E-state index in [1.165, 1.54) is 11.1 Å². The fourth-order valence-corrected chi connectivity index (χ4v) is 2.14. The van der Waals surface area contributed by atoms with Crippen molar-refractivity contribution < 1.29 is 4.74 Å². The van der Waals surface area contributed by atoms with Crippen molar-refractivity contribution in [3.05, 3.63) is 35.4 Å². The van der Waals surface area contributed by atoms with E-state index in [9.17, 15) is 0 Å². The van der Waals surface area contributed by atoms with E-state index in [1.54, 1.807) is 0 Å². The van der Waals surface area contributed by atoms with Crippen LogP contribution in [0.5, 0.6) is 0 Å². The van der Waals surface area contributed by atoms with E-state index < -0.39 is 0 Å². The number of morpholine rings is 1. The second kappa shape index (κ2) is 5.43. The van der Waals surface area contributed by atoms with Crippen LogP contribution in [-0.2, 0) is 4.74 Å². The summed E-state index contributed by atoms with van der Waals surface area (Å²) in [5.74, 6) is 0. The maximum atomic E-state index is 5.79. The molecule has 1 aliphatic heterocycles. The van der Waals surface area contributed by atoms with Crippen LogP contribution in [0.25, 0.3) is 0 Å². The molecule has 3 heteroatoms. The molecule has 88 valence electrons. The van der Waals surface area contributed by atoms with Crippen LogP contribution >= 0.6 is 0 Å². The SMILES string of the molecule is CNC(c1ccc(C)cc1)C1CNCCO1. The Balaban J connectivity index is 2.11. The zero-order chi connectivity index (χ0) is 11.4. The Morgan fingerprint density at radius 1 is 1.38 bits per heavy atom. The van der Waals surface area contributed by atoms with Gasteiger partial charge in [-0.05, 0) is 19.5 Å². The highest BCUT2D eigenvalue weighted by Gasteiger charge is 2.24. The molecule has 0 spiro atoms. The molecule has 0 aromatic heterocycles. The van der Waals surface area contributed by atoms with Crippen LogP contribution in [0.4, 0.5) is 0 Å². The summed E-state index contributed by atoms with van der Waals surface area (Å²) in [6.07, 6.45) is 0.224. The number of ether oxygens (including phenoxy) is 1. The molecule has 16 heavy (non-hydrogen) atoms. The minimum absolute atomic E-state index is 0.224. The van der Waals surface area contributed by atoms with E-state index >= 15 is 0 Å². The number of likely N-dealkylation sites (N-methyl/N-ethyl adjacent to an activating group) is 1. The first-order chi connectivity index (χ1) is 7.81. The summed E-state index contributed by atoms with van der Waals surface area (Å²) in [7, 11) is 1.99. The average molecular weight is 220 g/mol. The molecule has 2 atom stereocenters. The number of nitrogens with one attached hydrogen (secondary N) is 2. The standard InChI is InChI=1S/C13H20N2O/c1-10-3-5-11(6-4-10)13(14-2)12-9-15-7-8-16-12/h3-6,12-15H,7-9H2,1-2H3. The summed E-state index contributed by atoms with van der Waals surface area (Å²) in [4.78, 5) is 0. The molecular formula is C13H20N2O. The van der Waals surface area contributed by atoms with Gasteiger partial charge in [0.1, 0.15) is 0 Å². The van der Waals surface area contributed by atoms with Crippen molar-refractivity contribution in [1.29, 1.82) is 0 Å². The van der Waals surface area contributed by atoms with Crippen molar-refractivity contribution in [2.45, 2.75) is 19.1 Å². The third-order valence-electron chi connectivity index (χ3n) is 3.08. The first-order valence-corrected chi connectivity index (χ1v) is 5.87. The third kappa shape index (κ3) is 2.61. The van der Waals surface area contributed by atoms with E-state index in [-0.39, 0.29) is 12.1 Å². The van der Waals surface area contributed by atoms with Gasteiger partial charge in [-0.25, -0.2) is 0 Å². The minimum Gasteiger partial charge on any atom is -0.374 e. The lowest BCUT2D eigenvalue weighted by atomic mass is 9.99. The first kappa shape index (κ1) is 11.6. The Morgan fingerprint density at radius 3 is 2.69 bits per heavy atom. The topological polar surface area (TPSA) is 33.3 Å². The third-order valence-corrected chi connectivity index (χ3v) is 3.08. The molecular weight excluding hydrogens is 200 g/mol. The highest BCUT2D eigenvalue weighted by Crippen LogP contribution is 2.20. The molecule has 2 unspecified atom stereocenters. The van der Waals surface area contributed by atoms with E-state index in [1.807, 2.05) is 7.05 Å². The van der Waals surface area contributed by atoms with Crippen molar-refractivity contribution in [2.24, 2.45) is 0 Å². The molecule has 0 aliphatic carbocycles. The fraction of sp³-hybridized carbons (Fsp3) is 0.538. The van der Waals surface area contributed by atoms with E-state index in [4.69, 9.17) is 4.74 Å². The molecule has 0 saturated carbocycles. The second-order valence-electron chi connectivity index (χ2n) is 4.29. The van der Waals surface area contributed by atoms with Crippen LogP contribution in [0.2, 0.25) is 0 Å². The zero-order valence-electron chi connectivity index (χ0n) is 9.99. The van der Waals surface area contributed by atoms with Crippen LogP contribution in [0.1, 0.15) is 17.2 Å². The Hall–Kier alpha value is -0.900. The number of hydrogen-bond acceptors (Lipinski definition) is 3. The predicted molar refractivity (Wildman–Crippen MR) is 65.6 cm³/mol. The van der Waals surface area contributed by atoms with Gasteiger partial charge in [-0.15, -0.1) is 0 Å². The minimum atomic E-state index is 0.224. The number of rotatable bonds is 3. The summed E-state index contributed by atoms with van der Waals surface area (Å²) in [6, 6.07) is 8.92. The normalized spacial score (nSPS) is 23.0. The number of hydrogen-bond donors (Lipinski definition) is 2. The quantitative estimate of drug-likeness (QED) is 0.804. The Kier molecular flexibility index (Phi) is 3.93. The summed E-state index contributed by atoms with van der Waals surface area (Å²) in [5.41, 5.74) is 2.59. The Bertz CT molecular complexity index is 317. The van der Waals surface area contributed by atoms with Crippen LogP contribution in [0.3, 0.4) is 0 Å². The van der Waals surface area contributed by atoms with E-state index in [0.717, 1.165) is 19.7 Å². The largest absolute Gasteiger partial charge is 0.374 e. The Labute approximate surface area is 97.2 Å². The van der Waals surface area contributed by atoms with Gasteiger partial charge >= 0.3 is 0 Å². The lowest BCUT2D eigenvalue weighted by Crippen LogP contribution is -2.45. The molecule has 2 N–H and O–H groups in total. The fourth-order valence-electron chi connectivity index (χ4n) is 2.14. The van der Waals surface area contributed by atoms with Gasteiger partial charge in [-0.1, -0.05) is 29.8 Å². The van der Waals surface area contributed by atoms with Crippen molar-refractivity contribution >= 4 is 0 Å². The van der Waals surface area contributed by atoms with Crippen molar-refractivity contribution in [3.63, 3.8) is 0 Å². The molecule has 1 aromatic carbocycles. The maximum absolute atomic E-state index is 5.79. The van der Waals surface area contributed by atoms with Crippen LogP contribution < -0.4 is 10.6 Å². The molecule has 1 aromatic rings. The lowest BCUT2D eigenvalue weighted by molar-refractivity contribution is 0.00537. The summed E-state index contributed by atoms with van der Waals surface area (Å²) in [5, 5.41) is 6.71. The highest BCUT2D eigenvalue weighted by atomic mass is 16.5. The van der Waals surface area contributed by atoms with Crippen LogP contribution in [0, 0.1) is 6.92 Å². The zero-order valence-corrected chi connectivity index (χ0v) is 9.99. The van der Waals surface area contributed by atoms with E-state index in [2.05, 4.69) is 41.8 Å². The molecule has 2 rings (SSSR count). The van der Waals surface area contributed by atoms with Gasteiger partial charge in [0.25, 0.3) is 0 Å². The molecule has 0 amide bonds. The van der Waals surface area contributed by atoms with Crippen molar-refractivity contribution in [3.8, 4) is 0 Å². The van der Waals surface area contributed by atoms with Crippen LogP contribution in [0.15, 0.2) is 24.3 Å². The van der Waals surface area contributed by atoms with Gasteiger partial charge < -0.3 is 15.4 Å². The molecule has 1 saturated heterocycles. The van der Waals surface area contributed by atoms with Gasteiger partial charge in [0, 0.05) is 13.1 Å². The maximum Gasteiger partial charge on any atom is 0.0894 e. The molecule has 1 fully saturated rings. The van der Waals surface area contributed by atoms with Crippen LogP contribution in [-0.4, -0.2) is 32.8 Å². The highest BCUT2D eigenvalue weighted by molar-refractivity contribution is 5.25. The second-order valence-corrected chi connectivity index (χ2v) is 4.29. The molecule has 3 nitrogen and oxygen atoms in total. The predicted octanol–water partition coefficient (Wildman–Crippen LogP) is 1.24. The summed E-state index contributed by atoms with van der Waals surface area (Å²) < 4.78 is 5.79. The van der Waals surface area contributed by atoms with Gasteiger partial charge in [-0.2, -0.15) is 0 Å². The molecule has 1 heterocycles. The summed E-state index contributed by atoms with van der Waals surface area (Å²) in [6.45, 7) is 4.78. The van der Waals surface area contributed by atoms with Gasteiger partial charge in [0.05, 0.1) is 18.8 Å². The monoisotopic (exact) mass is 220 g/mol. The Morgan fingerprint density at radius 2 is 2.12 bits per heavy atom. The van der Waals surface area contributed by atoms with Crippen molar-refractivity contribution in [1.82, 2.24) is 10.6 Å². The van der Waals surface area contributed by atoms with E-state index in [0.29, 0.717) is 0 Å².